The molecule has 7 aromatic rings. The van der Waals surface area contributed by atoms with Gasteiger partial charge in [0.25, 0.3) is 0 Å². The molecule has 2 aliphatic rings. The van der Waals surface area contributed by atoms with E-state index in [0.717, 1.165) is 12.1 Å². The van der Waals surface area contributed by atoms with Crippen molar-refractivity contribution >= 4 is 50.6 Å². The van der Waals surface area contributed by atoms with Gasteiger partial charge in [-0.3, -0.25) is 0 Å². The molecule has 9 rings (SSSR count). The number of hydrogen-bond donors (Lipinski definition) is 15. The number of aromatic hydroxyl groups is 13. The van der Waals surface area contributed by atoms with E-state index in [2.05, 4.69) is 0 Å². The molecule has 5 atom stereocenters. The van der Waals surface area contributed by atoms with E-state index < -0.39 is 213 Å². The van der Waals surface area contributed by atoms with Gasteiger partial charge in [-0.05, 0) is 24.3 Å². The van der Waals surface area contributed by atoms with Crippen molar-refractivity contribution in [2.24, 2.45) is 0 Å². The highest BCUT2D eigenvalue weighted by molar-refractivity contribution is 6.29. The van der Waals surface area contributed by atoms with Gasteiger partial charge in [0.2, 0.25) is 28.7 Å². The van der Waals surface area contributed by atoms with Crippen molar-refractivity contribution in [1.82, 2.24) is 0 Å². The summed E-state index contributed by atoms with van der Waals surface area (Å²) >= 11 is 0. The Kier molecular flexibility index (Phi) is 9.39. The number of rotatable bonds is 2. The summed E-state index contributed by atoms with van der Waals surface area (Å²) in [4.78, 5) is 69.7. The summed E-state index contributed by atoms with van der Waals surface area (Å²) < 4.78 is 31.9. The summed E-state index contributed by atoms with van der Waals surface area (Å²) in [6, 6.07) is 2.24. The van der Waals surface area contributed by atoms with Gasteiger partial charge in [0.15, 0.2) is 75.7 Å². The van der Waals surface area contributed by atoms with Gasteiger partial charge in [-0.15, -0.1) is 0 Å². The average Bonchev–Trinajstić information content (AvgIpc) is 3.28. The molecule has 67 heavy (non-hydrogen) atoms. The summed E-state index contributed by atoms with van der Waals surface area (Å²) in [5.74, 6) is -23.1. The highest BCUT2D eigenvalue weighted by Gasteiger charge is 2.50. The van der Waals surface area contributed by atoms with Crippen LogP contribution in [-0.2, 0) is 18.9 Å². The molecule has 26 heteroatoms. The van der Waals surface area contributed by atoms with Gasteiger partial charge in [0.1, 0.15) is 24.4 Å². The van der Waals surface area contributed by atoms with E-state index in [1.54, 1.807) is 0 Å². The van der Waals surface area contributed by atoms with Gasteiger partial charge in [0.05, 0.1) is 21.9 Å². The number of phenols is 13. The molecule has 2 aromatic heterocycles. The van der Waals surface area contributed by atoms with Crippen molar-refractivity contribution < 1.29 is 119 Å². The third-order valence-electron chi connectivity index (χ3n) is 11.2. The van der Waals surface area contributed by atoms with Crippen LogP contribution in [0.2, 0.25) is 0 Å². The Labute approximate surface area is 365 Å². The van der Waals surface area contributed by atoms with E-state index in [1.165, 1.54) is 0 Å². The number of carbonyl (C=O) groups excluding carboxylic acids is 3. The Balaban J connectivity index is 1.35. The molecule has 346 valence electrons. The molecular weight excluding hydrogens is 908 g/mol. The third-order valence-corrected chi connectivity index (χ3v) is 11.2. The minimum absolute atomic E-state index is 0.356. The summed E-state index contributed by atoms with van der Waals surface area (Å²) in [5, 5.41) is 160. The van der Waals surface area contributed by atoms with E-state index in [9.17, 15) is 101 Å². The number of benzene rings is 5. The normalized spacial score (nSPS) is 19.6. The first-order valence-electron chi connectivity index (χ1n) is 18.7. The van der Waals surface area contributed by atoms with Crippen molar-refractivity contribution in [2.75, 3.05) is 6.61 Å². The molecule has 0 unspecified atom stereocenters. The first-order chi connectivity index (χ1) is 31.6. The molecule has 0 saturated carbocycles. The lowest BCUT2D eigenvalue weighted by Gasteiger charge is -2.41. The Morgan fingerprint density at radius 3 is 1.51 bits per heavy atom. The Morgan fingerprint density at radius 2 is 1.00 bits per heavy atom. The number of phenolic OH excluding ortho intramolecular Hbond substituents is 13. The lowest BCUT2D eigenvalue weighted by Crippen LogP contribution is -2.61. The molecule has 0 radical (unpaired) electrons. The molecule has 6 bridgehead atoms. The summed E-state index contributed by atoms with van der Waals surface area (Å²) in [7, 11) is 0. The van der Waals surface area contributed by atoms with Crippen LogP contribution >= 0.6 is 0 Å². The lowest BCUT2D eigenvalue weighted by atomic mass is 9.88. The predicted octanol–water partition coefficient (Wildman–Crippen LogP) is 0.997. The fraction of sp³-hybridized carbons (Fsp3) is 0.146. The minimum Gasteiger partial charge on any atom is -0.504 e. The van der Waals surface area contributed by atoms with E-state index in [-0.39, 0.29) is 0 Å². The Bertz CT molecular complexity index is 3490. The molecule has 2 aliphatic heterocycles. The van der Waals surface area contributed by atoms with Crippen LogP contribution in [0.1, 0.15) is 31.1 Å². The van der Waals surface area contributed by atoms with Gasteiger partial charge < -0.3 is 104 Å². The monoisotopic (exact) mass is 934 g/mol. The van der Waals surface area contributed by atoms with Crippen molar-refractivity contribution in [2.45, 2.75) is 30.7 Å². The van der Waals surface area contributed by atoms with E-state index in [0.29, 0.717) is 12.1 Å². The Hall–Kier alpha value is -9.27. The van der Waals surface area contributed by atoms with Crippen LogP contribution in [0.5, 0.6) is 74.7 Å². The third kappa shape index (κ3) is 5.97. The smallest absolute Gasteiger partial charge is 0.345 e. The van der Waals surface area contributed by atoms with Crippen molar-refractivity contribution in [3.8, 4) is 97.0 Å². The average molecular weight is 935 g/mol. The SMILES string of the molecule is O=C(O[C@@H]1[C@@H](O)[C@@H]2OC(=O)c3cc(O)c(O)c(O)c3-c3c(O)c(O)c4oc(=O)c5c(c(O)c(O)c6oc(=O)c3c4c65)-c3c(cc(O)c(O)c3O)C(=O)OC[C@H]2O[C@@H]1O)c1ccc(O)c(O)c1O. The lowest BCUT2D eigenvalue weighted by molar-refractivity contribution is -0.284. The number of esters is 3. The van der Waals surface area contributed by atoms with Crippen molar-refractivity contribution in [3.05, 3.63) is 61.8 Å². The van der Waals surface area contributed by atoms with E-state index in [4.69, 9.17) is 27.8 Å². The first kappa shape index (κ1) is 43.0. The number of aliphatic hydroxyl groups excluding tert-OH is 2. The van der Waals surface area contributed by atoms with Crippen LogP contribution in [-0.4, -0.2) is 132 Å². The molecule has 0 aliphatic carbocycles. The highest BCUT2D eigenvalue weighted by atomic mass is 16.7. The Morgan fingerprint density at radius 1 is 0.537 bits per heavy atom. The summed E-state index contributed by atoms with van der Waals surface area (Å²) in [6.45, 7) is -1.30. The maximum atomic E-state index is 14.4. The molecule has 4 heterocycles. The zero-order chi connectivity index (χ0) is 48.6. The zero-order valence-corrected chi connectivity index (χ0v) is 32.6. The predicted molar refractivity (Wildman–Crippen MR) is 212 cm³/mol. The maximum Gasteiger partial charge on any atom is 0.345 e. The van der Waals surface area contributed by atoms with Crippen LogP contribution in [0.4, 0.5) is 0 Å². The van der Waals surface area contributed by atoms with Gasteiger partial charge in [-0.2, -0.15) is 0 Å². The van der Waals surface area contributed by atoms with E-state index >= 15 is 0 Å². The van der Waals surface area contributed by atoms with Crippen LogP contribution in [0.15, 0.2) is 42.7 Å². The van der Waals surface area contributed by atoms with Gasteiger partial charge in [-0.1, -0.05) is 0 Å². The fourth-order valence-corrected chi connectivity index (χ4v) is 8.04. The number of hydrogen-bond acceptors (Lipinski definition) is 26. The molecule has 0 spiro atoms. The fourth-order valence-electron chi connectivity index (χ4n) is 8.04. The molecule has 0 amide bonds. The molecule has 1 fully saturated rings. The number of cyclic esters (lactones) is 1. The van der Waals surface area contributed by atoms with Gasteiger partial charge in [-0.25, -0.2) is 24.0 Å². The van der Waals surface area contributed by atoms with E-state index in [1.807, 2.05) is 0 Å². The summed E-state index contributed by atoms with van der Waals surface area (Å²) in [5.41, 5.74) is -13.5. The van der Waals surface area contributed by atoms with Crippen LogP contribution in [0.3, 0.4) is 0 Å². The largest absolute Gasteiger partial charge is 0.504 e. The first-order valence-corrected chi connectivity index (χ1v) is 18.7. The standard InChI is InChI=1S/C41H26O26/c42-9-2-1-6(21(45)22(9)46)37(57)67-35-31(55)32-12(63-41(35)61)5-62-36(56)7-3-10(43)23(47)25(49)13(7)15-19-17-18-20(40(60)66-33(17)29(53)27(15)51)16(28(52)30(54)34(18)65-39(19)59)14-8(38(58)64-32)4-11(44)24(48)26(14)50/h1-4,12,31-32,35,41-55,61H,5H2/t12-,31+,32-,35-,41+/m1/s1. The topological polar surface area (TPSA) is 452 Å². The second kappa shape index (κ2) is 14.6. The van der Waals surface area contributed by atoms with Crippen molar-refractivity contribution in [3.63, 3.8) is 0 Å². The molecule has 15 N–H and O–H groups in total. The summed E-state index contributed by atoms with van der Waals surface area (Å²) in [6.07, 6.45) is -12.0. The quantitative estimate of drug-likeness (QED) is 0.0378. The maximum absolute atomic E-state index is 14.4. The highest BCUT2D eigenvalue weighted by Crippen LogP contribution is 2.58. The minimum atomic E-state index is -2.55. The molecular formula is C41H26O26. The van der Waals surface area contributed by atoms with Gasteiger partial charge in [0, 0.05) is 33.0 Å². The molecule has 1 saturated heterocycles. The van der Waals surface area contributed by atoms with Gasteiger partial charge >= 0.3 is 29.2 Å². The zero-order valence-electron chi connectivity index (χ0n) is 32.6. The molecule has 5 aromatic carbocycles. The van der Waals surface area contributed by atoms with Crippen LogP contribution in [0.25, 0.3) is 55.0 Å². The van der Waals surface area contributed by atoms with Crippen LogP contribution < -0.4 is 11.3 Å². The van der Waals surface area contributed by atoms with Crippen LogP contribution in [0, 0.1) is 0 Å². The number of aliphatic hydroxyl groups is 2. The number of ether oxygens (including phenoxy) is 4. The molecule has 26 nitrogen and oxygen atoms in total. The second-order valence-electron chi connectivity index (χ2n) is 14.8. The van der Waals surface area contributed by atoms with Crippen molar-refractivity contribution in [1.29, 1.82) is 0 Å². The number of fused-ring (bicyclic) bond motifs is 5. The number of carbonyl (C=O) groups is 3. The second-order valence-corrected chi connectivity index (χ2v) is 14.8.